The maximum atomic E-state index is 9.36. The summed E-state index contributed by atoms with van der Waals surface area (Å²) in [6.07, 6.45) is 1.14. The van der Waals surface area contributed by atoms with Crippen molar-refractivity contribution >= 4 is 11.4 Å². The molecule has 2 rings (SSSR count). The second kappa shape index (κ2) is 4.11. The second-order valence-electron chi connectivity index (χ2n) is 4.30. The number of aliphatic hydroxyl groups excluding tert-OH is 1. The van der Waals surface area contributed by atoms with Crippen molar-refractivity contribution in [2.45, 2.75) is 19.4 Å². The van der Waals surface area contributed by atoms with Crippen molar-refractivity contribution in [1.29, 1.82) is 0 Å². The van der Waals surface area contributed by atoms with Gasteiger partial charge in [0.25, 0.3) is 0 Å². The Morgan fingerprint density at radius 3 is 3.00 bits per heavy atom. The number of nitrogens with zero attached hydrogens (tertiary/aromatic N) is 1. The first-order chi connectivity index (χ1) is 7.22. The van der Waals surface area contributed by atoms with Gasteiger partial charge >= 0.3 is 0 Å². The van der Waals surface area contributed by atoms with E-state index in [1.54, 1.807) is 0 Å². The molecule has 0 spiro atoms. The summed E-state index contributed by atoms with van der Waals surface area (Å²) in [5.41, 5.74) is 7.66. The summed E-state index contributed by atoms with van der Waals surface area (Å²) >= 11 is 0. The van der Waals surface area contributed by atoms with E-state index >= 15 is 0 Å². The maximum absolute atomic E-state index is 9.36. The summed E-state index contributed by atoms with van der Waals surface area (Å²) < 4.78 is 0. The van der Waals surface area contributed by atoms with E-state index < -0.39 is 0 Å². The Kier molecular flexibility index (Phi) is 2.82. The minimum Gasteiger partial charge on any atom is -0.399 e. The molecule has 2 atom stereocenters. The van der Waals surface area contributed by atoms with Crippen LogP contribution in [0.15, 0.2) is 24.3 Å². The van der Waals surface area contributed by atoms with Crippen LogP contribution in [-0.2, 0) is 0 Å². The SMILES string of the molecule is CC1CCN(c2cccc(N)c2)C1CO. The first-order valence-corrected chi connectivity index (χ1v) is 5.45. The summed E-state index contributed by atoms with van der Waals surface area (Å²) in [6.45, 7) is 3.42. The van der Waals surface area contributed by atoms with E-state index in [1.165, 1.54) is 0 Å². The number of nitrogen functional groups attached to an aromatic ring is 1. The molecule has 1 heterocycles. The molecule has 82 valence electrons. The van der Waals surface area contributed by atoms with Crippen molar-refractivity contribution in [3.8, 4) is 0 Å². The highest BCUT2D eigenvalue weighted by Gasteiger charge is 2.30. The maximum Gasteiger partial charge on any atom is 0.0637 e. The van der Waals surface area contributed by atoms with Crippen LogP contribution in [0.25, 0.3) is 0 Å². The number of anilines is 2. The Balaban J connectivity index is 2.23. The Hall–Kier alpha value is -1.22. The number of hydrogen-bond donors (Lipinski definition) is 2. The predicted molar refractivity (Wildman–Crippen MR) is 62.9 cm³/mol. The van der Waals surface area contributed by atoms with Crippen LogP contribution in [-0.4, -0.2) is 24.3 Å². The third-order valence-corrected chi connectivity index (χ3v) is 3.27. The third kappa shape index (κ3) is 1.92. The molecule has 1 saturated heterocycles. The fraction of sp³-hybridized carbons (Fsp3) is 0.500. The van der Waals surface area contributed by atoms with Gasteiger partial charge in [0, 0.05) is 17.9 Å². The van der Waals surface area contributed by atoms with Crippen LogP contribution in [0.4, 0.5) is 11.4 Å². The molecule has 0 aromatic heterocycles. The molecule has 1 aliphatic rings. The Morgan fingerprint density at radius 1 is 1.53 bits per heavy atom. The fourth-order valence-electron chi connectivity index (χ4n) is 2.31. The molecular weight excluding hydrogens is 188 g/mol. The van der Waals surface area contributed by atoms with Gasteiger partial charge in [0.1, 0.15) is 0 Å². The standard InChI is InChI=1S/C12H18N2O/c1-9-5-6-14(12(9)8-15)11-4-2-3-10(13)7-11/h2-4,7,9,12,15H,5-6,8,13H2,1H3. The van der Waals surface area contributed by atoms with E-state index in [2.05, 4.69) is 17.9 Å². The minimum atomic E-state index is 0.218. The first kappa shape index (κ1) is 10.3. The van der Waals surface area contributed by atoms with Gasteiger partial charge in [-0.3, -0.25) is 0 Å². The molecule has 0 amide bonds. The van der Waals surface area contributed by atoms with Crippen LogP contribution in [0, 0.1) is 5.92 Å². The fourth-order valence-corrected chi connectivity index (χ4v) is 2.31. The summed E-state index contributed by atoms with van der Waals surface area (Å²) in [6, 6.07) is 8.11. The van der Waals surface area contributed by atoms with E-state index in [4.69, 9.17) is 5.73 Å². The number of benzene rings is 1. The van der Waals surface area contributed by atoms with Gasteiger partial charge in [-0.25, -0.2) is 0 Å². The summed E-state index contributed by atoms with van der Waals surface area (Å²) in [5, 5.41) is 9.36. The summed E-state index contributed by atoms with van der Waals surface area (Å²) in [5.74, 6) is 0.552. The lowest BCUT2D eigenvalue weighted by Gasteiger charge is -2.27. The van der Waals surface area contributed by atoms with E-state index in [1.807, 2.05) is 18.2 Å². The van der Waals surface area contributed by atoms with Gasteiger partial charge in [-0.2, -0.15) is 0 Å². The number of aliphatic hydroxyl groups is 1. The molecule has 1 aromatic carbocycles. The van der Waals surface area contributed by atoms with Gasteiger partial charge in [-0.1, -0.05) is 13.0 Å². The molecule has 1 aromatic rings. The summed E-state index contributed by atoms with van der Waals surface area (Å²) in [7, 11) is 0. The molecule has 3 nitrogen and oxygen atoms in total. The predicted octanol–water partition coefficient (Wildman–Crippen LogP) is 1.48. The molecule has 2 unspecified atom stereocenters. The van der Waals surface area contributed by atoms with Crippen molar-refractivity contribution in [2.75, 3.05) is 23.8 Å². The molecule has 0 radical (unpaired) electrons. The van der Waals surface area contributed by atoms with E-state index in [-0.39, 0.29) is 12.6 Å². The molecule has 0 saturated carbocycles. The van der Waals surface area contributed by atoms with E-state index in [0.717, 1.165) is 24.3 Å². The zero-order valence-corrected chi connectivity index (χ0v) is 9.06. The lowest BCUT2D eigenvalue weighted by atomic mass is 10.0. The van der Waals surface area contributed by atoms with Crippen molar-refractivity contribution in [2.24, 2.45) is 5.92 Å². The smallest absolute Gasteiger partial charge is 0.0637 e. The Morgan fingerprint density at radius 2 is 2.33 bits per heavy atom. The largest absolute Gasteiger partial charge is 0.399 e. The van der Waals surface area contributed by atoms with Gasteiger partial charge in [0.05, 0.1) is 12.6 Å². The number of rotatable bonds is 2. The molecule has 1 aliphatic heterocycles. The number of hydrogen-bond acceptors (Lipinski definition) is 3. The van der Waals surface area contributed by atoms with E-state index in [0.29, 0.717) is 5.92 Å². The van der Waals surface area contributed by atoms with Gasteiger partial charge in [-0.15, -0.1) is 0 Å². The second-order valence-corrected chi connectivity index (χ2v) is 4.30. The van der Waals surface area contributed by atoms with Crippen LogP contribution in [0.5, 0.6) is 0 Å². The van der Waals surface area contributed by atoms with Crippen molar-refractivity contribution in [3.63, 3.8) is 0 Å². The zero-order valence-electron chi connectivity index (χ0n) is 9.06. The highest BCUT2D eigenvalue weighted by molar-refractivity contribution is 5.57. The monoisotopic (exact) mass is 206 g/mol. The average molecular weight is 206 g/mol. The van der Waals surface area contributed by atoms with E-state index in [9.17, 15) is 5.11 Å². The molecule has 3 N–H and O–H groups in total. The molecular formula is C12H18N2O. The highest BCUT2D eigenvalue weighted by atomic mass is 16.3. The summed E-state index contributed by atoms with van der Waals surface area (Å²) in [4.78, 5) is 2.25. The minimum absolute atomic E-state index is 0.218. The zero-order chi connectivity index (χ0) is 10.8. The molecule has 0 bridgehead atoms. The van der Waals surface area contributed by atoms with Gasteiger partial charge in [0.2, 0.25) is 0 Å². The van der Waals surface area contributed by atoms with Crippen LogP contribution < -0.4 is 10.6 Å². The molecule has 3 heteroatoms. The molecule has 0 aliphatic carbocycles. The third-order valence-electron chi connectivity index (χ3n) is 3.27. The van der Waals surface area contributed by atoms with Crippen molar-refractivity contribution < 1.29 is 5.11 Å². The Labute approximate surface area is 90.5 Å². The van der Waals surface area contributed by atoms with Crippen molar-refractivity contribution in [3.05, 3.63) is 24.3 Å². The first-order valence-electron chi connectivity index (χ1n) is 5.45. The van der Waals surface area contributed by atoms with Crippen LogP contribution >= 0.6 is 0 Å². The lowest BCUT2D eigenvalue weighted by molar-refractivity contribution is 0.245. The van der Waals surface area contributed by atoms with Gasteiger partial charge in [0.15, 0.2) is 0 Å². The lowest BCUT2D eigenvalue weighted by Crippen LogP contribution is -2.35. The van der Waals surface area contributed by atoms with Crippen molar-refractivity contribution in [1.82, 2.24) is 0 Å². The Bertz CT molecular complexity index is 340. The van der Waals surface area contributed by atoms with Crippen LogP contribution in [0.2, 0.25) is 0 Å². The van der Waals surface area contributed by atoms with Crippen LogP contribution in [0.1, 0.15) is 13.3 Å². The number of nitrogens with two attached hydrogens (primary N) is 1. The highest BCUT2D eigenvalue weighted by Crippen LogP contribution is 2.30. The molecule has 15 heavy (non-hydrogen) atoms. The normalized spacial score (nSPS) is 25.9. The molecule has 1 fully saturated rings. The van der Waals surface area contributed by atoms with Crippen LogP contribution in [0.3, 0.4) is 0 Å². The van der Waals surface area contributed by atoms with Gasteiger partial charge < -0.3 is 15.7 Å². The average Bonchev–Trinajstić information content (AvgIpc) is 2.59. The quantitative estimate of drug-likeness (QED) is 0.720. The topological polar surface area (TPSA) is 49.5 Å². The van der Waals surface area contributed by atoms with Gasteiger partial charge in [-0.05, 0) is 30.5 Å².